The number of fused-ring (bicyclic) bond motifs is 1. The SMILES string of the molecule is CCCCCCO/C(=C/C(C)=N)c1ccc2c(OCCCCCC)cc(C)nc2c1C. The van der Waals surface area contributed by atoms with Gasteiger partial charge in [0.1, 0.15) is 11.5 Å². The molecular formula is C27H40N2O2. The van der Waals surface area contributed by atoms with Crippen LogP contribution in [0.1, 0.15) is 89.0 Å². The van der Waals surface area contributed by atoms with Gasteiger partial charge in [-0.1, -0.05) is 58.4 Å². The van der Waals surface area contributed by atoms with Gasteiger partial charge >= 0.3 is 0 Å². The molecule has 2 aromatic rings. The number of unbranched alkanes of at least 4 members (excludes halogenated alkanes) is 6. The smallest absolute Gasteiger partial charge is 0.130 e. The van der Waals surface area contributed by atoms with Gasteiger partial charge in [-0.05, 0) is 45.2 Å². The second kappa shape index (κ2) is 13.1. The summed E-state index contributed by atoms with van der Waals surface area (Å²) in [6.07, 6.45) is 11.2. The van der Waals surface area contributed by atoms with Crippen molar-refractivity contribution in [3.05, 3.63) is 41.1 Å². The highest BCUT2D eigenvalue weighted by molar-refractivity contribution is 5.98. The van der Waals surface area contributed by atoms with Gasteiger partial charge in [-0.15, -0.1) is 0 Å². The van der Waals surface area contributed by atoms with Crippen LogP contribution >= 0.6 is 0 Å². The maximum atomic E-state index is 7.95. The molecule has 4 nitrogen and oxygen atoms in total. The monoisotopic (exact) mass is 424 g/mol. The normalized spacial score (nSPS) is 11.7. The topological polar surface area (TPSA) is 55.2 Å². The first-order valence-corrected chi connectivity index (χ1v) is 11.9. The number of nitrogens with one attached hydrogen (secondary N) is 1. The van der Waals surface area contributed by atoms with Crippen molar-refractivity contribution in [3.8, 4) is 5.75 Å². The Balaban J connectivity index is 2.29. The van der Waals surface area contributed by atoms with Crippen LogP contribution in [0.4, 0.5) is 0 Å². The van der Waals surface area contributed by atoms with E-state index in [1.165, 1.54) is 38.5 Å². The summed E-state index contributed by atoms with van der Waals surface area (Å²) in [5.74, 6) is 1.66. The molecule has 0 aliphatic heterocycles. The van der Waals surface area contributed by atoms with Crippen molar-refractivity contribution in [1.82, 2.24) is 4.98 Å². The molecular weight excluding hydrogens is 384 g/mol. The summed E-state index contributed by atoms with van der Waals surface area (Å²) in [6.45, 7) is 11.7. The molecule has 0 unspecified atom stereocenters. The summed E-state index contributed by atoms with van der Waals surface area (Å²) in [7, 11) is 0. The molecule has 0 radical (unpaired) electrons. The summed E-state index contributed by atoms with van der Waals surface area (Å²) in [6, 6.07) is 6.20. The predicted molar refractivity (Wildman–Crippen MR) is 132 cm³/mol. The van der Waals surface area contributed by atoms with Gasteiger partial charge in [-0.3, -0.25) is 4.98 Å². The third-order valence-corrected chi connectivity index (χ3v) is 5.45. The molecule has 0 spiro atoms. The zero-order valence-electron chi connectivity index (χ0n) is 20.1. The standard InChI is InChI=1S/C27H40N2O2/c1-6-8-10-12-16-30-25(18-20(3)28)23-14-15-24-26(31-17-13-11-9-7-2)19-21(4)29-27(24)22(23)5/h14-15,18-19,28H,6-13,16-17H2,1-5H3/b25-18+,28-20?. The Morgan fingerprint density at radius 3 is 2.29 bits per heavy atom. The Bertz CT molecular complexity index is 886. The van der Waals surface area contributed by atoms with Gasteiger partial charge in [0.25, 0.3) is 0 Å². The van der Waals surface area contributed by atoms with Gasteiger partial charge in [0, 0.05) is 34.5 Å². The molecule has 170 valence electrons. The van der Waals surface area contributed by atoms with Gasteiger partial charge in [0.05, 0.1) is 18.7 Å². The fraction of sp³-hybridized carbons (Fsp3) is 0.556. The van der Waals surface area contributed by atoms with Crippen LogP contribution in [-0.2, 0) is 4.74 Å². The van der Waals surface area contributed by atoms with E-state index in [2.05, 4.69) is 32.9 Å². The van der Waals surface area contributed by atoms with Crippen LogP contribution in [-0.4, -0.2) is 23.9 Å². The molecule has 1 N–H and O–H groups in total. The molecule has 0 aliphatic carbocycles. The van der Waals surface area contributed by atoms with Gasteiger partial charge in [0.2, 0.25) is 0 Å². The van der Waals surface area contributed by atoms with Crippen LogP contribution < -0.4 is 4.74 Å². The van der Waals surface area contributed by atoms with Crippen molar-refractivity contribution < 1.29 is 9.47 Å². The molecule has 0 bridgehead atoms. The summed E-state index contributed by atoms with van der Waals surface area (Å²) in [4.78, 5) is 4.82. The number of ether oxygens (including phenoxy) is 2. The number of benzene rings is 1. The summed E-state index contributed by atoms with van der Waals surface area (Å²) in [5, 5.41) is 8.99. The second-order valence-corrected chi connectivity index (χ2v) is 8.41. The van der Waals surface area contributed by atoms with Crippen molar-refractivity contribution in [3.63, 3.8) is 0 Å². The summed E-state index contributed by atoms with van der Waals surface area (Å²) < 4.78 is 12.3. The molecule has 1 aromatic carbocycles. The average molecular weight is 425 g/mol. The van der Waals surface area contributed by atoms with Crippen LogP contribution in [0, 0.1) is 19.3 Å². The maximum Gasteiger partial charge on any atom is 0.130 e. The zero-order chi connectivity index (χ0) is 22.6. The van der Waals surface area contributed by atoms with Crippen LogP contribution in [0.15, 0.2) is 24.3 Å². The molecule has 0 saturated heterocycles. The lowest BCUT2D eigenvalue weighted by atomic mass is 10.0. The average Bonchev–Trinajstić information content (AvgIpc) is 2.73. The maximum absolute atomic E-state index is 7.95. The number of hydrogen-bond donors (Lipinski definition) is 1. The zero-order valence-corrected chi connectivity index (χ0v) is 20.1. The number of hydrogen-bond acceptors (Lipinski definition) is 4. The van der Waals surface area contributed by atoms with Crippen molar-refractivity contribution in [2.24, 2.45) is 0 Å². The number of allylic oxidation sites excluding steroid dienone is 1. The van der Waals surface area contributed by atoms with Crippen LogP contribution in [0.3, 0.4) is 0 Å². The number of nitrogens with zero attached hydrogens (tertiary/aromatic N) is 1. The highest BCUT2D eigenvalue weighted by Crippen LogP contribution is 2.32. The van der Waals surface area contributed by atoms with Crippen LogP contribution in [0.25, 0.3) is 16.7 Å². The molecule has 31 heavy (non-hydrogen) atoms. The van der Waals surface area contributed by atoms with E-state index in [0.29, 0.717) is 12.3 Å². The third kappa shape index (κ3) is 7.68. The van der Waals surface area contributed by atoms with E-state index in [1.807, 2.05) is 19.1 Å². The first-order valence-electron chi connectivity index (χ1n) is 11.9. The third-order valence-electron chi connectivity index (χ3n) is 5.45. The molecule has 4 heteroatoms. The van der Waals surface area contributed by atoms with Crippen LogP contribution in [0.2, 0.25) is 0 Å². The van der Waals surface area contributed by atoms with E-state index >= 15 is 0 Å². The Morgan fingerprint density at radius 1 is 0.968 bits per heavy atom. The highest BCUT2D eigenvalue weighted by atomic mass is 16.5. The molecule has 1 aromatic heterocycles. The van der Waals surface area contributed by atoms with Gasteiger partial charge in [-0.25, -0.2) is 0 Å². The van der Waals surface area contributed by atoms with Gasteiger partial charge in [0.15, 0.2) is 0 Å². The highest BCUT2D eigenvalue weighted by Gasteiger charge is 2.14. The predicted octanol–water partition coefficient (Wildman–Crippen LogP) is 7.79. The number of aryl methyl sites for hydroxylation is 2. The Hall–Kier alpha value is -2.36. The van der Waals surface area contributed by atoms with E-state index < -0.39 is 0 Å². The number of aromatic nitrogens is 1. The van der Waals surface area contributed by atoms with Crippen molar-refractivity contribution in [2.75, 3.05) is 13.2 Å². The lowest BCUT2D eigenvalue weighted by Crippen LogP contribution is -2.03. The Labute approximate surface area is 188 Å². The molecule has 0 aliphatic rings. The Morgan fingerprint density at radius 2 is 1.65 bits per heavy atom. The molecule has 0 atom stereocenters. The van der Waals surface area contributed by atoms with Crippen molar-refractivity contribution in [1.29, 1.82) is 5.41 Å². The van der Waals surface area contributed by atoms with E-state index in [-0.39, 0.29) is 0 Å². The number of rotatable bonds is 14. The van der Waals surface area contributed by atoms with E-state index in [4.69, 9.17) is 19.9 Å². The summed E-state index contributed by atoms with van der Waals surface area (Å²) in [5.41, 5.74) is 4.45. The molecule has 0 fully saturated rings. The van der Waals surface area contributed by atoms with Crippen molar-refractivity contribution >= 4 is 22.4 Å². The first-order chi connectivity index (χ1) is 15.0. The quantitative estimate of drug-likeness (QED) is 0.191. The van der Waals surface area contributed by atoms with Crippen molar-refractivity contribution in [2.45, 2.75) is 86.0 Å². The molecule has 2 rings (SSSR count). The lowest BCUT2D eigenvalue weighted by molar-refractivity contribution is 0.267. The van der Waals surface area contributed by atoms with Crippen LogP contribution in [0.5, 0.6) is 5.75 Å². The Kier molecular flexibility index (Phi) is 10.6. The number of pyridine rings is 1. The van der Waals surface area contributed by atoms with E-state index in [9.17, 15) is 0 Å². The molecule has 0 saturated carbocycles. The minimum Gasteiger partial charge on any atom is -0.493 e. The second-order valence-electron chi connectivity index (χ2n) is 8.41. The lowest BCUT2D eigenvalue weighted by Gasteiger charge is -2.17. The molecule has 1 heterocycles. The fourth-order valence-electron chi connectivity index (χ4n) is 3.72. The van der Waals surface area contributed by atoms with Gasteiger partial charge in [-0.2, -0.15) is 0 Å². The summed E-state index contributed by atoms with van der Waals surface area (Å²) >= 11 is 0. The minimum absolute atomic E-state index is 0.483. The van der Waals surface area contributed by atoms with E-state index in [0.717, 1.165) is 58.7 Å². The largest absolute Gasteiger partial charge is 0.493 e. The van der Waals surface area contributed by atoms with E-state index in [1.54, 1.807) is 6.92 Å². The first kappa shape index (κ1) is 24.9. The van der Waals surface area contributed by atoms with Gasteiger partial charge < -0.3 is 14.9 Å². The minimum atomic E-state index is 0.483. The molecule has 0 amide bonds. The fourth-order valence-corrected chi connectivity index (χ4v) is 3.72.